The van der Waals surface area contributed by atoms with Crippen molar-refractivity contribution in [3.05, 3.63) is 28.5 Å². The summed E-state index contributed by atoms with van der Waals surface area (Å²) in [5, 5.41) is 0. The molecule has 5 heteroatoms. The van der Waals surface area contributed by atoms with Gasteiger partial charge >= 0.3 is 0 Å². The first-order chi connectivity index (χ1) is 10.2. The molecule has 0 radical (unpaired) electrons. The zero-order chi connectivity index (χ0) is 14.8. The summed E-state index contributed by atoms with van der Waals surface area (Å²) < 4.78 is 0.804. The van der Waals surface area contributed by atoms with E-state index in [0.29, 0.717) is 17.8 Å². The lowest BCUT2D eigenvalue weighted by atomic mass is 9.81. The van der Waals surface area contributed by atoms with Crippen molar-refractivity contribution in [3.8, 4) is 0 Å². The van der Waals surface area contributed by atoms with Gasteiger partial charge in [-0.2, -0.15) is 0 Å². The van der Waals surface area contributed by atoms with Crippen molar-refractivity contribution < 1.29 is 9.59 Å². The molecule has 1 aromatic rings. The van der Waals surface area contributed by atoms with E-state index >= 15 is 0 Å². The van der Waals surface area contributed by atoms with Crippen molar-refractivity contribution in [1.82, 2.24) is 9.88 Å². The molecule has 2 atom stereocenters. The molecule has 1 saturated carbocycles. The average molecular weight is 351 g/mol. The van der Waals surface area contributed by atoms with E-state index in [4.69, 9.17) is 0 Å². The van der Waals surface area contributed by atoms with Crippen molar-refractivity contribution in [2.24, 2.45) is 5.92 Å². The third-order valence-corrected chi connectivity index (χ3v) is 5.01. The van der Waals surface area contributed by atoms with Crippen LogP contribution in [0, 0.1) is 5.92 Å². The summed E-state index contributed by atoms with van der Waals surface area (Å²) in [7, 11) is 0. The summed E-state index contributed by atoms with van der Waals surface area (Å²) >= 11 is 3.35. The second kappa shape index (κ2) is 6.26. The molecule has 4 nitrogen and oxygen atoms in total. The van der Waals surface area contributed by atoms with Gasteiger partial charge in [-0.05, 0) is 47.7 Å². The van der Waals surface area contributed by atoms with Gasteiger partial charge < -0.3 is 4.90 Å². The highest BCUT2D eigenvalue weighted by Gasteiger charge is 2.39. The number of aromatic nitrogens is 1. The number of carbonyl (C=O) groups excluding carboxylic acids is 2. The fourth-order valence-corrected chi connectivity index (χ4v) is 3.94. The highest BCUT2D eigenvalue weighted by molar-refractivity contribution is 9.10. The Labute approximate surface area is 133 Å². The molecule has 0 N–H and O–H groups in total. The first-order valence-corrected chi connectivity index (χ1v) is 8.40. The van der Waals surface area contributed by atoms with Crippen LogP contribution in [0.2, 0.25) is 0 Å². The number of amides is 1. The molecule has 0 bridgehead atoms. The van der Waals surface area contributed by atoms with E-state index in [-0.39, 0.29) is 17.9 Å². The molecule has 1 amide bonds. The smallest absolute Gasteiger partial charge is 0.255 e. The summed E-state index contributed by atoms with van der Waals surface area (Å²) in [6.07, 6.45) is 8.93. The SMILES string of the molecule is O=C1CCCCC1C1CCCN1C(=O)c1cncc(Br)c1. The molecular formula is C16H19BrN2O2. The second-order valence-corrected chi connectivity index (χ2v) is 6.83. The molecule has 2 unspecified atom stereocenters. The molecule has 3 rings (SSSR count). The van der Waals surface area contributed by atoms with Crippen LogP contribution in [-0.2, 0) is 4.79 Å². The van der Waals surface area contributed by atoms with Gasteiger partial charge in [0.1, 0.15) is 5.78 Å². The summed E-state index contributed by atoms with van der Waals surface area (Å²) in [6, 6.07) is 1.89. The highest BCUT2D eigenvalue weighted by Crippen LogP contribution is 2.33. The lowest BCUT2D eigenvalue weighted by Gasteiger charge is -2.33. The molecule has 2 aliphatic rings. The minimum Gasteiger partial charge on any atom is -0.335 e. The van der Waals surface area contributed by atoms with Gasteiger partial charge in [0.15, 0.2) is 0 Å². The molecular weight excluding hydrogens is 332 g/mol. The third kappa shape index (κ3) is 3.03. The number of pyridine rings is 1. The molecule has 21 heavy (non-hydrogen) atoms. The number of likely N-dealkylation sites (tertiary alicyclic amines) is 1. The van der Waals surface area contributed by atoms with Crippen molar-refractivity contribution in [2.75, 3.05) is 6.54 Å². The molecule has 1 saturated heterocycles. The maximum atomic E-state index is 12.7. The van der Waals surface area contributed by atoms with Crippen LogP contribution in [0.25, 0.3) is 0 Å². The fourth-order valence-electron chi connectivity index (χ4n) is 3.57. The summed E-state index contributed by atoms with van der Waals surface area (Å²) in [4.78, 5) is 30.9. The number of hydrogen-bond donors (Lipinski definition) is 0. The Kier molecular flexibility index (Phi) is 4.38. The van der Waals surface area contributed by atoms with E-state index in [9.17, 15) is 9.59 Å². The Balaban J connectivity index is 1.80. The quantitative estimate of drug-likeness (QED) is 0.822. The Bertz CT molecular complexity index is 561. The van der Waals surface area contributed by atoms with E-state index in [2.05, 4.69) is 20.9 Å². The standard InChI is InChI=1S/C16H19BrN2O2/c17-12-8-11(9-18-10-12)16(21)19-7-3-5-14(19)13-4-1-2-6-15(13)20/h8-10,13-14H,1-7H2. The fraction of sp³-hybridized carbons (Fsp3) is 0.562. The maximum absolute atomic E-state index is 12.7. The van der Waals surface area contributed by atoms with E-state index < -0.39 is 0 Å². The van der Waals surface area contributed by atoms with Crippen LogP contribution >= 0.6 is 15.9 Å². The number of carbonyl (C=O) groups is 2. The van der Waals surface area contributed by atoms with Crippen LogP contribution in [0.4, 0.5) is 0 Å². The van der Waals surface area contributed by atoms with E-state index in [1.165, 1.54) is 0 Å². The van der Waals surface area contributed by atoms with E-state index in [1.54, 1.807) is 18.5 Å². The van der Waals surface area contributed by atoms with Gasteiger partial charge in [0.2, 0.25) is 0 Å². The van der Waals surface area contributed by atoms with Crippen LogP contribution in [-0.4, -0.2) is 34.2 Å². The zero-order valence-corrected chi connectivity index (χ0v) is 13.5. The summed E-state index contributed by atoms with van der Waals surface area (Å²) in [5.74, 6) is 0.397. The van der Waals surface area contributed by atoms with Crippen molar-refractivity contribution >= 4 is 27.6 Å². The number of nitrogens with zero attached hydrogens (tertiary/aromatic N) is 2. The lowest BCUT2D eigenvalue weighted by molar-refractivity contribution is -0.126. The maximum Gasteiger partial charge on any atom is 0.255 e. The average Bonchev–Trinajstić information content (AvgIpc) is 2.96. The monoisotopic (exact) mass is 350 g/mol. The normalized spacial score (nSPS) is 26.1. The van der Waals surface area contributed by atoms with Gasteiger partial charge in [-0.15, -0.1) is 0 Å². The zero-order valence-electron chi connectivity index (χ0n) is 11.9. The predicted molar refractivity (Wildman–Crippen MR) is 83.0 cm³/mol. The Hall–Kier alpha value is -1.23. The van der Waals surface area contributed by atoms with E-state index in [0.717, 1.165) is 43.1 Å². The molecule has 112 valence electrons. The Morgan fingerprint density at radius 3 is 2.86 bits per heavy atom. The first-order valence-electron chi connectivity index (χ1n) is 7.61. The molecule has 1 aromatic heterocycles. The predicted octanol–water partition coefficient (Wildman–Crippen LogP) is 3.21. The Morgan fingerprint density at radius 2 is 2.10 bits per heavy atom. The van der Waals surface area contributed by atoms with Crippen molar-refractivity contribution in [1.29, 1.82) is 0 Å². The number of hydrogen-bond acceptors (Lipinski definition) is 3. The van der Waals surface area contributed by atoms with Crippen LogP contribution in [0.5, 0.6) is 0 Å². The van der Waals surface area contributed by atoms with Gasteiger partial charge in [0.25, 0.3) is 5.91 Å². The third-order valence-electron chi connectivity index (χ3n) is 4.58. The summed E-state index contributed by atoms with van der Waals surface area (Å²) in [6.45, 7) is 0.750. The molecule has 0 aromatic carbocycles. The Morgan fingerprint density at radius 1 is 1.24 bits per heavy atom. The van der Waals surface area contributed by atoms with E-state index in [1.807, 2.05) is 4.90 Å². The largest absolute Gasteiger partial charge is 0.335 e. The molecule has 1 aliphatic heterocycles. The van der Waals surface area contributed by atoms with Gasteiger partial charge in [-0.1, -0.05) is 6.42 Å². The number of rotatable bonds is 2. The highest BCUT2D eigenvalue weighted by atomic mass is 79.9. The lowest BCUT2D eigenvalue weighted by Crippen LogP contribution is -2.43. The van der Waals surface area contributed by atoms with Gasteiger partial charge in [0.05, 0.1) is 5.56 Å². The number of halogens is 1. The molecule has 2 fully saturated rings. The van der Waals surface area contributed by atoms with Crippen LogP contribution in [0.15, 0.2) is 22.9 Å². The van der Waals surface area contributed by atoms with Gasteiger partial charge in [-0.25, -0.2) is 0 Å². The van der Waals surface area contributed by atoms with Crippen LogP contribution in [0.1, 0.15) is 48.9 Å². The topological polar surface area (TPSA) is 50.3 Å². The number of Topliss-reactive ketones (excluding diaryl/α,β-unsaturated/α-hetero) is 1. The molecule has 1 aliphatic carbocycles. The second-order valence-electron chi connectivity index (χ2n) is 5.92. The first kappa shape index (κ1) is 14.7. The summed E-state index contributed by atoms with van der Waals surface area (Å²) in [5.41, 5.74) is 0.597. The van der Waals surface area contributed by atoms with Crippen LogP contribution < -0.4 is 0 Å². The van der Waals surface area contributed by atoms with Gasteiger partial charge in [-0.3, -0.25) is 14.6 Å². The minimum absolute atomic E-state index is 0.00433. The van der Waals surface area contributed by atoms with Crippen LogP contribution in [0.3, 0.4) is 0 Å². The molecule has 0 spiro atoms. The minimum atomic E-state index is 0.00433. The number of ketones is 1. The van der Waals surface area contributed by atoms with Crippen molar-refractivity contribution in [3.63, 3.8) is 0 Å². The molecule has 2 heterocycles. The van der Waals surface area contributed by atoms with Gasteiger partial charge in [0, 0.05) is 41.8 Å². The van der Waals surface area contributed by atoms with Crippen molar-refractivity contribution in [2.45, 2.75) is 44.6 Å².